The van der Waals surface area contributed by atoms with Gasteiger partial charge >= 0.3 is 0 Å². The Kier molecular flexibility index (Phi) is 9.58. The first-order chi connectivity index (χ1) is 14.0. The minimum atomic E-state index is -0.669. The number of aryl methyl sites for hydroxylation is 1. The predicted octanol–water partition coefficient (Wildman–Crippen LogP) is -0.158. The molecule has 3 atom stereocenters. The molecule has 1 saturated heterocycles. The van der Waals surface area contributed by atoms with Gasteiger partial charge in [-0.3, -0.25) is 14.4 Å². The Labute approximate surface area is 169 Å². The highest BCUT2D eigenvalue weighted by Gasteiger charge is 2.38. The van der Waals surface area contributed by atoms with Crippen molar-refractivity contribution in [1.82, 2.24) is 20.6 Å². The molecule has 2 fully saturated rings. The molecular formula is C19H30N4O6. The van der Waals surface area contributed by atoms with Crippen molar-refractivity contribution in [2.45, 2.75) is 50.7 Å². The summed E-state index contributed by atoms with van der Waals surface area (Å²) in [4.78, 5) is 40.2. The minimum Gasteiger partial charge on any atom is -0.483 e. The number of carbonyl (C=O) groups excluding carboxylic acids is 2. The van der Waals surface area contributed by atoms with Crippen LogP contribution in [0.3, 0.4) is 0 Å². The van der Waals surface area contributed by atoms with Crippen molar-refractivity contribution >= 4 is 18.3 Å². The van der Waals surface area contributed by atoms with Gasteiger partial charge in [0.25, 0.3) is 6.47 Å². The summed E-state index contributed by atoms with van der Waals surface area (Å²) < 4.78 is 5.27. The Hall–Kier alpha value is -2.46. The van der Waals surface area contributed by atoms with Gasteiger partial charge in [0.15, 0.2) is 0 Å². The number of nitrogens with zero attached hydrogens (tertiary/aromatic N) is 1. The van der Waals surface area contributed by atoms with E-state index < -0.39 is 6.10 Å². The second-order valence-electron chi connectivity index (χ2n) is 7.27. The SMILES string of the molecule is O=C(N[C@@H]1C[C@H](C(=O)NCCCc2ncc[nH]2)C[C@H]1O)C1CCOCC1.O=CO. The molecule has 2 aliphatic rings. The van der Waals surface area contributed by atoms with Crippen LogP contribution in [0.2, 0.25) is 0 Å². The van der Waals surface area contributed by atoms with Gasteiger partial charge < -0.3 is 30.6 Å². The van der Waals surface area contributed by atoms with Gasteiger partial charge in [0.05, 0.1) is 12.1 Å². The average molecular weight is 410 g/mol. The molecule has 10 heteroatoms. The number of imidazole rings is 1. The third kappa shape index (κ3) is 7.47. The number of H-pyrrole nitrogens is 1. The minimum absolute atomic E-state index is 0.0307. The van der Waals surface area contributed by atoms with Crippen LogP contribution in [-0.2, 0) is 25.5 Å². The van der Waals surface area contributed by atoms with Crippen molar-refractivity contribution in [2.75, 3.05) is 19.8 Å². The van der Waals surface area contributed by atoms with Crippen LogP contribution in [0.15, 0.2) is 12.4 Å². The summed E-state index contributed by atoms with van der Waals surface area (Å²) in [5, 5.41) is 23.0. The summed E-state index contributed by atoms with van der Waals surface area (Å²) in [6.45, 7) is 1.54. The Morgan fingerprint density at radius 2 is 1.97 bits per heavy atom. The van der Waals surface area contributed by atoms with E-state index in [-0.39, 0.29) is 36.2 Å². The number of aromatic amines is 1. The number of carboxylic acid groups (broad SMARTS) is 1. The fourth-order valence-electron chi connectivity index (χ4n) is 3.69. The molecule has 10 nitrogen and oxygen atoms in total. The molecule has 29 heavy (non-hydrogen) atoms. The van der Waals surface area contributed by atoms with E-state index in [1.54, 1.807) is 12.4 Å². The molecule has 162 valence electrons. The summed E-state index contributed by atoms with van der Waals surface area (Å²) in [6, 6.07) is -0.343. The molecule has 0 radical (unpaired) electrons. The number of nitrogens with one attached hydrogen (secondary N) is 3. The van der Waals surface area contributed by atoms with Gasteiger partial charge in [0.2, 0.25) is 11.8 Å². The number of hydrogen-bond acceptors (Lipinski definition) is 6. The molecule has 1 aliphatic carbocycles. The Morgan fingerprint density at radius 1 is 1.24 bits per heavy atom. The molecule has 0 aromatic carbocycles. The van der Waals surface area contributed by atoms with Gasteiger partial charge in [-0.05, 0) is 32.1 Å². The van der Waals surface area contributed by atoms with Crippen LogP contribution in [0, 0.1) is 11.8 Å². The third-order valence-corrected chi connectivity index (χ3v) is 5.26. The molecule has 1 aromatic heterocycles. The number of amides is 2. The first-order valence-electron chi connectivity index (χ1n) is 9.95. The van der Waals surface area contributed by atoms with E-state index in [2.05, 4.69) is 20.6 Å². The van der Waals surface area contributed by atoms with Crippen LogP contribution in [0.4, 0.5) is 0 Å². The lowest BCUT2D eigenvalue weighted by Gasteiger charge is -2.24. The van der Waals surface area contributed by atoms with Crippen LogP contribution >= 0.6 is 0 Å². The van der Waals surface area contributed by atoms with Crippen molar-refractivity contribution < 1.29 is 29.3 Å². The smallest absolute Gasteiger partial charge is 0.290 e. The molecule has 1 aromatic rings. The molecule has 0 bridgehead atoms. The lowest BCUT2D eigenvalue weighted by atomic mass is 9.98. The lowest BCUT2D eigenvalue weighted by Crippen LogP contribution is -2.44. The number of aromatic nitrogens is 2. The highest BCUT2D eigenvalue weighted by molar-refractivity contribution is 5.81. The standard InChI is InChI=1S/C18H28N4O4.CH2O2/c23-15-11-13(17(24)21-5-1-2-16-19-6-7-20-16)10-14(15)22-18(25)12-3-8-26-9-4-12;2-1-3/h6-7,12-15,23H,1-5,8-11H2,(H,19,20)(H,21,24)(H,22,25);1H,(H,2,3)/t13-,14+,15+;/m0./s1. The molecule has 2 amide bonds. The monoisotopic (exact) mass is 410 g/mol. The zero-order valence-electron chi connectivity index (χ0n) is 16.4. The first-order valence-corrected chi connectivity index (χ1v) is 9.95. The second kappa shape index (κ2) is 12.2. The maximum absolute atomic E-state index is 12.3. The lowest BCUT2D eigenvalue weighted by molar-refractivity contribution is -0.129. The number of hydrogen-bond donors (Lipinski definition) is 5. The van der Waals surface area contributed by atoms with Crippen LogP contribution in [0.1, 0.15) is 37.9 Å². The van der Waals surface area contributed by atoms with Gasteiger partial charge in [-0.2, -0.15) is 0 Å². The maximum atomic E-state index is 12.3. The van der Waals surface area contributed by atoms with E-state index in [1.165, 1.54) is 0 Å². The van der Waals surface area contributed by atoms with Gasteiger partial charge in [0, 0.05) is 50.4 Å². The Balaban J connectivity index is 0.000000941. The summed E-state index contributed by atoms with van der Waals surface area (Å²) >= 11 is 0. The normalized spacial score (nSPS) is 24.2. The van der Waals surface area contributed by atoms with Gasteiger partial charge in [0.1, 0.15) is 5.82 Å². The van der Waals surface area contributed by atoms with Crippen LogP contribution in [-0.4, -0.2) is 70.4 Å². The summed E-state index contributed by atoms with van der Waals surface area (Å²) in [7, 11) is 0. The van der Waals surface area contributed by atoms with E-state index in [1.807, 2.05) is 0 Å². The van der Waals surface area contributed by atoms with E-state index in [4.69, 9.17) is 14.6 Å². The zero-order valence-corrected chi connectivity index (χ0v) is 16.4. The summed E-state index contributed by atoms with van der Waals surface area (Å²) in [5.74, 6) is 0.522. The highest BCUT2D eigenvalue weighted by Crippen LogP contribution is 2.27. The number of carbonyl (C=O) groups is 3. The largest absolute Gasteiger partial charge is 0.483 e. The fraction of sp³-hybridized carbons (Fsp3) is 0.684. The fourth-order valence-corrected chi connectivity index (χ4v) is 3.69. The number of aliphatic hydroxyl groups is 1. The van der Waals surface area contributed by atoms with Crippen molar-refractivity contribution in [1.29, 1.82) is 0 Å². The van der Waals surface area contributed by atoms with E-state index in [0.29, 0.717) is 45.4 Å². The first kappa shape index (κ1) is 22.8. The van der Waals surface area contributed by atoms with Gasteiger partial charge in [-0.15, -0.1) is 0 Å². The van der Waals surface area contributed by atoms with E-state index in [0.717, 1.165) is 18.7 Å². The van der Waals surface area contributed by atoms with Gasteiger partial charge in [-0.1, -0.05) is 0 Å². The molecule has 5 N–H and O–H groups in total. The van der Waals surface area contributed by atoms with Crippen molar-refractivity contribution in [3.8, 4) is 0 Å². The number of aliphatic hydroxyl groups excluding tert-OH is 1. The molecule has 1 aliphatic heterocycles. The maximum Gasteiger partial charge on any atom is 0.290 e. The topological polar surface area (TPSA) is 154 Å². The Bertz CT molecular complexity index is 633. The molecule has 1 saturated carbocycles. The second-order valence-corrected chi connectivity index (χ2v) is 7.27. The quantitative estimate of drug-likeness (QED) is 0.309. The Morgan fingerprint density at radius 3 is 2.62 bits per heavy atom. The molecule has 0 spiro atoms. The number of ether oxygens (including phenoxy) is 1. The van der Waals surface area contributed by atoms with E-state index >= 15 is 0 Å². The van der Waals surface area contributed by atoms with E-state index in [9.17, 15) is 14.7 Å². The predicted molar refractivity (Wildman–Crippen MR) is 103 cm³/mol. The molecule has 2 heterocycles. The van der Waals surface area contributed by atoms with Crippen molar-refractivity contribution in [2.24, 2.45) is 11.8 Å². The third-order valence-electron chi connectivity index (χ3n) is 5.26. The summed E-state index contributed by atoms with van der Waals surface area (Å²) in [6.07, 6.45) is 6.72. The van der Waals surface area contributed by atoms with Crippen molar-refractivity contribution in [3.05, 3.63) is 18.2 Å². The van der Waals surface area contributed by atoms with Crippen LogP contribution in [0.25, 0.3) is 0 Å². The number of rotatable bonds is 7. The summed E-state index contributed by atoms with van der Waals surface area (Å²) in [5.41, 5.74) is 0. The molecular weight excluding hydrogens is 380 g/mol. The van der Waals surface area contributed by atoms with Gasteiger partial charge in [-0.25, -0.2) is 4.98 Å². The van der Waals surface area contributed by atoms with Crippen molar-refractivity contribution in [3.63, 3.8) is 0 Å². The average Bonchev–Trinajstić information content (AvgIpc) is 3.36. The highest BCUT2D eigenvalue weighted by atomic mass is 16.5. The van der Waals surface area contributed by atoms with Crippen LogP contribution < -0.4 is 10.6 Å². The molecule has 3 rings (SSSR count). The molecule has 0 unspecified atom stereocenters. The zero-order chi connectivity index (χ0) is 21.1. The van der Waals surface area contributed by atoms with Crippen LogP contribution in [0.5, 0.6) is 0 Å².